The van der Waals surface area contributed by atoms with Gasteiger partial charge in [-0.2, -0.15) is 4.98 Å². The molecule has 2 aromatic carbocycles. The van der Waals surface area contributed by atoms with Gasteiger partial charge in [0.2, 0.25) is 5.82 Å². The lowest BCUT2D eigenvalue weighted by molar-refractivity contribution is 0.382. The quantitative estimate of drug-likeness (QED) is 0.308. The number of hydrogen-bond donors (Lipinski definition) is 1. The average Bonchev–Trinajstić information content (AvgIpc) is 3.59. The van der Waals surface area contributed by atoms with E-state index in [1.807, 2.05) is 36.1 Å². The van der Waals surface area contributed by atoms with Crippen molar-refractivity contribution in [2.75, 3.05) is 0 Å². The molecule has 7 heteroatoms. The largest absolute Gasteiger partial charge is 0.467 e. The monoisotopic (exact) mass is 484 g/mol. The predicted octanol–water partition coefficient (Wildman–Crippen LogP) is 6.32. The number of rotatable bonds is 7. The van der Waals surface area contributed by atoms with Crippen molar-refractivity contribution >= 4 is 22.9 Å². The molecule has 178 valence electrons. The number of thiocarbonyl (C=S) groups is 1. The van der Waals surface area contributed by atoms with Crippen molar-refractivity contribution in [3.63, 3.8) is 0 Å². The minimum Gasteiger partial charge on any atom is -0.467 e. The Morgan fingerprint density at radius 3 is 2.29 bits per heavy atom. The molecule has 1 N–H and O–H groups in total. The third kappa shape index (κ3) is 4.64. The van der Waals surface area contributed by atoms with Crippen molar-refractivity contribution in [3.05, 3.63) is 101 Å². The second-order valence-electron chi connectivity index (χ2n) is 8.62. The smallest absolute Gasteiger partial charge is 0.258 e. The van der Waals surface area contributed by atoms with Crippen LogP contribution in [0, 0.1) is 0 Å². The maximum atomic E-state index is 5.85. The standard InChI is InChI=1S/C28H28N4O2S/c1-4-19-8-12-21(13-9-19)25-24(18(3)32(28(35)29-25)17-23-7-6-16-33-23)27-30-26(31-34-27)22-14-10-20(5-2)11-15-22/h6-16,25H,4-5,17H2,1-3H3,(H,29,35). The van der Waals surface area contributed by atoms with E-state index in [2.05, 4.69) is 60.7 Å². The van der Waals surface area contributed by atoms with Crippen molar-refractivity contribution in [2.45, 2.75) is 46.2 Å². The number of hydrogen-bond acceptors (Lipinski definition) is 5. The molecule has 0 radical (unpaired) electrons. The van der Waals surface area contributed by atoms with Crippen LogP contribution in [0.1, 0.15) is 55.2 Å². The van der Waals surface area contributed by atoms with Crippen LogP contribution in [-0.4, -0.2) is 20.2 Å². The number of nitrogens with one attached hydrogen (secondary N) is 1. The topological polar surface area (TPSA) is 67.3 Å². The highest BCUT2D eigenvalue weighted by Crippen LogP contribution is 2.38. The minimum atomic E-state index is -0.211. The molecule has 1 atom stereocenters. The van der Waals surface area contributed by atoms with Gasteiger partial charge in [-0.05, 0) is 60.8 Å². The summed E-state index contributed by atoms with van der Waals surface area (Å²) in [4.78, 5) is 6.82. The van der Waals surface area contributed by atoms with E-state index in [4.69, 9.17) is 26.1 Å². The highest BCUT2D eigenvalue weighted by Gasteiger charge is 2.34. The minimum absolute atomic E-state index is 0.211. The van der Waals surface area contributed by atoms with Gasteiger partial charge in [0.15, 0.2) is 5.11 Å². The van der Waals surface area contributed by atoms with E-state index in [1.54, 1.807) is 6.26 Å². The molecule has 4 aromatic rings. The summed E-state index contributed by atoms with van der Waals surface area (Å²) in [6, 6.07) is 20.4. The summed E-state index contributed by atoms with van der Waals surface area (Å²) >= 11 is 5.78. The van der Waals surface area contributed by atoms with Gasteiger partial charge in [0.1, 0.15) is 5.76 Å². The summed E-state index contributed by atoms with van der Waals surface area (Å²) in [6.45, 7) is 6.84. The van der Waals surface area contributed by atoms with Gasteiger partial charge < -0.3 is 19.2 Å². The Balaban J connectivity index is 1.57. The number of aryl methyl sites for hydroxylation is 2. The van der Waals surface area contributed by atoms with E-state index in [-0.39, 0.29) is 6.04 Å². The molecule has 0 saturated heterocycles. The van der Waals surface area contributed by atoms with E-state index in [9.17, 15) is 0 Å². The molecule has 0 aliphatic carbocycles. The summed E-state index contributed by atoms with van der Waals surface area (Å²) < 4.78 is 11.4. The van der Waals surface area contributed by atoms with E-state index in [0.717, 1.165) is 41.0 Å². The van der Waals surface area contributed by atoms with Gasteiger partial charge in [-0.15, -0.1) is 0 Å². The Bertz CT molecular complexity index is 1340. The molecule has 6 nitrogen and oxygen atoms in total. The van der Waals surface area contributed by atoms with Gasteiger partial charge in [0.25, 0.3) is 5.89 Å². The summed E-state index contributed by atoms with van der Waals surface area (Å²) in [5.41, 5.74) is 6.41. The summed E-state index contributed by atoms with van der Waals surface area (Å²) in [5.74, 6) is 1.86. The molecule has 1 aliphatic rings. The Morgan fingerprint density at radius 2 is 1.66 bits per heavy atom. The van der Waals surface area contributed by atoms with Crippen molar-refractivity contribution < 1.29 is 8.94 Å². The lowest BCUT2D eigenvalue weighted by Gasteiger charge is -2.37. The molecule has 0 fully saturated rings. The summed E-state index contributed by atoms with van der Waals surface area (Å²) in [5, 5.41) is 8.44. The zero-order chi connectivity index (χ0) is 24.4. The van der Waals surface area contributed by atoms with E-state index in [0.29, 0.717) is 23.4 Å². The SMILES string of the molecule is CCc1ccc(-c2noc(C3=C(C)N(Cc4ccco4)C(=S)NC3c3ccc(CC)cc3)n2)cc1. The van der Waals surface area contributed by atoms with Crippen LogP contribution in [0.4, 0.5) is 0 Å². The normalized spacial score (nSPS) is 16.0. The fraction of sp³-hybridized carbons (Fsp3) is 0.250. The van der Waals surface area contributed by atoms with Gasteiger partial charge >= 0.3 is 0 Å². The highest BCUT2D eigenvalue weighted by atomic mass is 32.1. The molecule has 1 aliphatic heterocycles. The van der Waals surface area contributed by atoms with Crippen LogP contribution in [0.5, 0.6) is 0 Å². The number of nitrogens with zero attached hydrogens (tertiary/aromatic N) is 3. The average molecular weight is 485 g/mol. The van der Waals surface area contributed by atoms with Gasteiger partial charge in [0, 0.05) is 11.3 Å². The first-order valence-corrected chi connectivity index (χ1v) is 12.3. The molecule has 5 rings (SSSR count). The van der Waals surface area contributed by atoms with Crippen LogP contribution in [-0.2, 0) is 19.4 Å². The van der Waals surface area contributed by atoms with Gasteiger partial charge in [0.05, 0.1) is 24.4 Å². The van der Waals surface area contributed by atoms with E-state index < -0.39 is 0 Å². The third-order valence-corrected chi connectivity index (χ3v) is 6.83. The molecule has 0 amide bonds. The van der Waals surface area contributed by atoms with Crippen LogP contribution < -0.4 is 5.32 Å². The van der Waals surface area contributed by atoms with Crippen LogP contribution in [0.15, 0.2) is 81.6 Å². The molecule has 0 saturated carbocycles. The maximum Gasteiger partial charge on any atom is 0.258 e. The van der Waals surface area contributed by atoms with Gasteiger partial charge in [-0.25, -0.2) is 0 Å². The Kier molecular flexibility index (Phi) is 6.51. The van der Waals surface area contributed by atoms with Gasteiger partial charge in [-0.1, -0.05) is 67.5 Å². The zero-order valence-corrected chi connectivity index (χ0v) is 20.9. The molecule has 0 bridgehead atoms. The molecule has 2 aromatic heterocycles. The fourth-order valence-electron chi connectivity index (χ4n) is 4.34. The van der Waals surface area contributed by atoms with Gasteiger partial charge in [-0.3, -0.25) is 0 Å². The number of benzene rings is 2. The van der Waals surface area contributed by atoms with E-state index >= 15 is 0 Å². The molecule has 3 heterocycles. The second-order valence-corrected chi connectivity index (χ2v) is 9.00. The number of allylic oxidation sites excluding steroid dienone is 1. The van der Waals surface area contributed by atoms with Crippen molar-refractivity contribution in [1.29, 1.82) is 0 Å². The van der Waals surface area contributed by atoms with Crippen molar-refractivity contribution in [1.82, 2.24) is 20.4 Å². The van der Waals surface area contributed by atoms with Crippen LogP contribution in [0.3, 0.4) is 0 Å². The lowest BCUT2D eigenvalue weighted by Crippen LogP contribution is -2.45. The van der Waals surface area contributed by atoms with Crippen LogP contribution >= 0.6 is 12.2 Å². The molecule has 35 heavy (non-hydrogen) atoms. The molecular formula is C28H28N4O2S. The first-order chi connectivity index (χ1) is 17.1. The van der Waals surface area contributed by atoms with Crippen LogP contribution in [0.25, 0.3) is 17.0 Å². The Labute approximate surface area is 210 Å². The van der Waals surface area contributed by atoms with Crippen LogP contribution in [0.2, 0.25) is 0 Å². The summed E-state index contributed by atoms with van der Waals surface area (Å²) in [6.07, 6.45) is 3.64. The second kappa shape index (κ2) is 9.88. The fourth-order valence-corrected chi connectivity index (χ4v) is 4.66. The number of aromatic nitrogens is 2. The first kappa shape index (κ1) is 23.1. The number of furan rings is 1. The van der Waals surface area contributed by atoms with E-state index in [1.165, 1.54) is 11.1 Å². The Hall–Kier alpha value is -3.71. The molecule has 1 unspecified atom stereocenters. The molecular weight excluding hydrogens is 456 g/mol. The third-order valence-electron chi connectivity index (χ3n) is 6.49. The van der Waals surface area contributed by atoms with Crippen molar-refractivity contribution in [3.8, 4) is 11.4 Å². The maximum absolute atomic E-state index is 5.85. The zero-order valence-electron chi connectivity index (χ0n) is 20.1. The molecule has 0 spiro atoms. The lowest BCUT2D eigenvalue weighted by atomic mass is 9.94. The first-order valence-electron chi connectivity index (χ1n) is 11.9. The highest BCUT2D eigenvalue weighted by molar-refractivity contribution is 7.80. The van der Waals surface area contributed by atoms with Crippen molar-refractivity contribution in [2.24, 2.45) is 0 Å². The summed E-state index contributed by atoms with van der Waals surface area (Å²) in [7, 11) is 0. The predicted molar refractivity (Wildman–Crippen MR) is 140 cm³/mol. The Morgan fingerprint density at radius 1 is 0.971 bits per heavy atom.